The van der Waals surface area contributed by atoms with Crippen LogP contribution in [0.25, 0.3) is 11.1 Å². The van der Waals surface area contributed by atoms with Gasteiger partial charge in [-0.15, -0.1) is 0 Å². The van der Waals surface area contributed by atoms with E-state index in [1.54, 1.807) is 12.1 Å². The Hall–Kier alpha value is -1.55. The Morgan fingerprint density at radius 3 is 2.71 bits per heavy atom. The van der Waals surface area contributed by atoms with Gasteiger partial charge in [0.2, 0.25) is 0 Å². The highest BCUT2D eigenvalue weighted by atomic mass is 35.5. The fourth-order valence-electron chi connectivity index (χ4n) is 2.55. The Bertz CT molecular complexity index is 592. The van der Waals surface area contributed by atoms with Gasteiger partial charge in [-0.25, -0.2) is 4.39 Å². The average molecular weight is 311 g/mol. The molecule has 0 aliphatic heterocycles. The molecular weight excluding hydrogens is 291 g/mol. The number of nitrogens with zero attached hydrogens (tertiary/aromatic N) is 1. The van der Waals surface area contributed by atoms with E-state index in [-0.39, 0.29) is 17.3 Å². The lowest BCUT2D eigenvalue weighted by Crippen LogP contribution is -2.00. The van der Waals surface area contributed by atoms with Crippen LogP contribution in [0.5, 0.6) is 0 Å². The Labute approximate surface area is 129 Å². The molecule has 0 bridgehead atoms. The number of hydrogen-bond donors (Lipinski definition) is 1. The van der Waals surface area contributed by atoms with Crippen molar-refractivity contribution >= 4 is 17.4 Å². The number of anilines is 1. The van der Waals surface area contributed by atoms with Gasteiger partial charge in [0.1, 0.15) is 11.6 Å². The number of rotatable bonds is 6. The Morgan fingerprint density at radius 2 is 2.10 bits per heavy atom. The SMILES string of the molecule is CCCCC(CC)c1onc(N)c1-c1c(F)cccc1Cl. The van der Waals surface area contributed by atoms with Crippen molar-refractivity contribution in [2.75, 3.05) is 5.73 Å². The third-order valence-electron chi connectivity index (χ3n) is 3.73. The summed E-state index contributed by atoms with van der Waals surface area (Å²) >= 11 is 6.15. The molecule has 0 saturated carbocycles. The molecule has 1 atom stereocenters. The largest absolute Gasteiger partial charge is 0.380 e. The number of unbranched alkanes of at least 4 members (excludes halogenated alkanes) is 1. The van der Waals surface area contributed by atoms with Gasteiger partial charge in [0.15, 0.2) is 5.82 Å². The Morgan fingerprint density at radius 1 is 1.33 bits per heavy atom. The summed E-state index contributed by atoms with van der Waals surface area (Å²) in [6.45, 7) is 4.21. The number of aromatic nitrogens is 1. The number of benzene rings is 1. The first kappa shape index (κ1) is 15.8. The molecule has 0 fully saturated rings. The standard InChI is InChI=1S/C16H20ClFN2O/c1-3-5-7-10(4-2)15-14(16(19)20-21-15)13-11(17)8-6-9-12(13)18/h6,8-10H,3-5,7H2,1-2H3,(H2,19,20). The molecule has 0 amide bonds. The second-order valence-corrected chi connectivity index (χ2v) is 5.56. The molecule has 2 N–H and O–H groups in total. The van der Waals surface area contributed by atoms with Crippen LogP contribution in [0.15, 0.2) is 22.7 Å². The van der Waals surface area contributed by atoms with Crippen molar-refractivity contribution in [3.8, 4) is 11.1 Å². The quantitative estimate of drug-likeness (QED) is 0.777. The van der Waals surface area contributed by atoms with Crippen molar-refractivity contribution in [3.63, 3.8) is 0 Å². The van der Waals surface area contributed by atoms with Gasteiger partial charge in [-0.2, -0.15) is 0 Å². The number of nitrogen functional groups attached to an aromatic ring is 1. The lowest BCUT2D eigenvalue weighted by molar-refractivity contribution is 0.349. The van der Waals surface area contributed by atoms with Crippen molar-refractivity contribution in [1.29, 1.82) is 0 Å². The van der Waals surface area contributed by atoms with Gasteiger partial charge in [0, 0.05) is 11.5 Å². The van der Waals surface area contributed by atoms with Gasteiger partial charge in [-0.05, 0) is 25.0 Å². The third kappa shape index (κ3) is 3.21. The van der Waals surface area contributed by atoms with Crippen LogP contribution in [0.1, 0.15) is 51.2 Å². The molecule has 1 aromatic heterocycles. The van der Waals surface area contributed by atoms with E-state index in [4.69, 9.17) is 21.9 Å². The highest BCUT2D eigenvalue weighted by Crippen LogP contribution is 2.41. The molecule has 5 heteroatoms. The molecule has 1 heterocycles. The van der Waals surface area contributed by atoms with E-state index >= 15 is 0 Å². The van der Waals surface area contributed by atoms with Gasteiger partial charge < -0.3 is 10.3 Å². The monoisotopic (exact) mass is 310 g/mol. The summed E-state index contributed by atoms with van der Waals surface area (Å²) in [4.78, 5) is 0. The Balaban J connectivity index is 2.52. The van der Waals surface area contributed by atoms with Crippen LogP contribution in [0.3, 0.4) is 0 Å². The summed E-state index contributed by atoms with van der Waals surface area (Å²) in [5.74, 6) is 0.576. The molecule has 1 aromatic carbocycles. The molecule has 114 valence electrons. The van der Waals surface area contributed by atoms with Gasteiger partial charge in [0.25, 0.3) is 0 Å². The topological polar surface area (TPSA) is 52.0 Å². The van der Waals surface area contributed by atoms with E-state index in [1.807, 2.05) is 0 Å². The summed E-state index contributed by atoms with van der Waals surface area (Å²) < 4.78 is 19.6. The normalized spacial score (nSPS) is 12.6. The van der Waals surface area contributed by atoms with Crippen LogP contribution >= 0.6 is 11.6 Å². The van der Waals surface area contributed by atoms with Crippen LogP contribution in [-0.2, 0) is 0 Å². The highest BCUT2D eigenvalue weighted by molar-refractivity contribution is 6.33. The van der Waals surface area contributed by atoms with Crippen molar-refractivity contribution in [3.05, 3.63) is 34.8 Å². The minimum absolute atomic E-state index is 0.167. The van der Waals surface area contributed by atoms with Gasteiger partial charge >= 0.3 is 0 Å². The minimum atomic E-state index is -0.413. The molecule has 2 aromatic rings. The fraction of sp³-hybridized carbons (Fsp3) is 0.438. The van der Waals surface area contributed by atoms with Gasteiger partial charge in [-0.3, -0.25) is 0 Å². The average Bonchev–Trinajstić information content (AvgIpc) is 2.82. The van der Waals surface area contributed by atoms with Crippen molar-refractivity contribution in [2.45, 2.75) is 45.4 Å². The number of halogens is 2. The first-order valence-corrected chi connectivity index (χ1v) is 7.67. The van der Waals surface area contributed by atoms with E-state index in [9.17, 15) is 4.39 Å². The molecule has 0 aliphatic rings. The maximum atomic E-state index is 14.2. The lowest BCUT2D eigenvalue weighted by atomic mass is 9.91. The van der Waals surface area contributed by atoms with E-state index in [1.165, 1.54) is 6.07 Å². The lowest BCUT2D eigenvalue weighted by Gasteiger charge is -2.14. The second-order valence-electron chi connectivity index (χ2n) is 5.15. The zero-order valence-electron chi connectivity index (χ0n) is 12.3. The zero-order valence-corrected chi connectivity index (χ0v) is 13.1. The Kier molecular flexibility index (Phi) is 5.23. The molecule has 21 heavy (non-hydrogen) atoms. The maximum Gasteiger partial charge on any atom is 0.175 e. The van der Waals surface area contributed by atoms with Gasteiger partial charge in [0.05, 0.1) is 10.6 Å². The first-order chi connectivity index (χ1) is 10.1. The highest BCUT2D eigenvalue weighted by Gasteiger charge is 2.26. The molecule has 0 radical (unpaired) electrons. The molecule has 2 rings (SSSR count). The molecule has 3 nitrogen and oxygen atoms in total. The summed E-state index contributed by atoms with van der Waals surface area (Å²) in [6, 6.07) is 4.58. The second kappa shape index (κ2) is 6.94. The summed E-state index contributed by atoms with van der Waals surface area (Å²) in [6.07, 6.45) is 4.01. The number of nitrogens with two attached hydrogens (primary N) is 1. The zero-order chi connectivity index (χ0) is 15.4. The van der Waals surface area contributed by atoms with Gasteiger partial charge in [-0.1, -0.05) is 49.5 Å². The molecule has 0 aliphatic carbocycles. The van der Waals surface area contributed by atoms with E-state index < -0.39 is 5.82 Å². The van der Waals surface area contributed by atoms with Crippen molar-refractivity contribution < 1.29 is 8.91 Å². The van der Waals surface area contributed by atoms with Crippen LogP contribution in [-0.4, -0.2) is 5.16 Å². The molecule has 0 saturated heterocycles. The van der Waals surface area contributed by atoms with E-state index in [0.717, 1.165) is 25.7 Å². The predicted octanol–water partition coefficient (Wildman–Crippen LogP) is 5.40. The summed E-state index contributed by atoms with van der Waals surface area (Å²) in [7, 11) is 0. The first-order valence-electron chi connectivity index (χ1n) is 7.29. The fourth-order valence-corrected chi connectivity index (χ4v) is 2.81. The van der Waals surface area contributed by atoms with Crippen LogP contribution in [0.2, 0.25) is 5.02 Å². The molecular formula is C16H20ClFN2O. The summed E-state index contributed by atoms with van der Waals surface area (Å²) in [5.41, 5.74) is 6.68. The van der Waals surface area contributed by atoms with Crippen molar-refractivity contribution in [2.24, 2.45) is 0 Å². The van der Waals surface area contributed by atoms with Crippen molar-refractivity contribution in [1.82, 2.24) is 5.16 Å². The predicted molar refractivity (Wildman–Crippen MR) is 83.9 cm³/mol. The number of hydrogen-bond acceptors (Lipinski definition) is 3. The molecule has 1 unspecified atom stereocenters. The van der Waals surface area contributed by atoms with Crippen LogP contribution < -0.4 is 5.73 Å². The van der Waals surface area contributed by atoms with Crippen LogP contribution in [0.4, 0.5) is 10.2 Å². The molecule has 0 spiro atoms. The summed E-state index contributed by atoms with van der Waals surface area (Å²) in [5, 5.41) is 4.15. The van der Waals surface area contributed by atoms with E-state index in [0.29, 0.717) is 16.3 Å². The maximum absolute atomic E-state index is 14.2. The van der Waals surface area contributed by atoms with Crippen LogP contribution in [0, 0.1) is 5.82 Å². The smallest absolute Gasteiger partial charge is 0.175 e. The minimum Gasteiger partial charge on any atom is -0.380 e. The van der Waals surface area contributed by atoms with E-state index in [2.05, 4.69) is 19.0 Å². The third-order valence-corrected chi connectivity index (χ3v) is 4.04.